The normalized spacial score (nSPS) is 10.9. The predicted octanol–water partition coefficient (Wildman–Crippen LogP) is 5.10. The summed E-state index contributed by atoms with van der Waals surface area (Å²) in [5.41, 5.74) is 4.78. The molecule has 0 saturated carbocycles. The van der Waals surface area contributed by atoms with Gasteiger partial charge in [-0.1, -0.05) is 72.4 Å². The third-order valence-corrected chi connectivity index (χ3v) is 6.11. The van der Waals surface area contributed by atoms with E-state index in [9.17, 15) is 14.9 Å². The molecule has 3 aromatic carbocycles. The fraction of sp³-hybridized carbons (Fsp3) is 0.0400. The molecule has 10 heteroatoms. The number of anilines is 1. The summed E-state index contributed by atoms with van der Waals surface area (Å²) < 4.78 is 1.60. The van der Waals surface area contributed by atoms with Crippen LogP contribution in [0.1, 0.15) is 0 Å². The first-order chi connectivity index (χ1) is 17.1. The maximum absolute atomic E-state index is 12.4. The monoisotopic (exact) mass is 482 g/mol. The second kappa shape index (κ2) is 9.74. The number of fused-ring (bicyclic) bond motifs is 1. The van der Waals surface area contributed by atoms with E-state index in [2.05, 4.69) is 44.9 Å². The number of hydrogen-bond donors (Lipinski definition) is 1. The Bertz CT molecular complexity index is 1520. The van der Waals surface area contributed by atoms with Crippen LogP contribution in [0.2, 0.25) is 0 Å². The second-order valence-corrected chi connectivity index (χ2v) is 8.50. The van der Waals surface area contributed by atoms with Crippen LogP contribution in [0.25, 0.3) is 28.0 Å². The number of nitrogens with one attached hydrogen (secondary N) is 1. The lowest BCUT2D eigenvalue weighted by molar-refractivity contribution is -0.384. The summed E-state index contributed by atoms with van der Waals surface area (Å²) in [6.07, 6.45) is 0. The summed E-state index contributed by atoms with van der Waals surface area (Å²) in [7, 11) is 0. The van der Waals surface area contributed by atoms with Crippen LogP contribution in [-0.2, 0) is 4.79 Å². The number of non-ortho nitro benzene ring substituents is 1. The van der Waals surface area contributed by atoms with Gasteiger partial charge in [0.25, 0.3) is 5.69 Å². The van der Waals surface area contributed by atoms with Gasteiger partial charge in [-0.3, -0.25) is 14.9 Å². The Hall–Kier alpha value is -4.57. The third-order valence-electron chi connectivity index (χ3n) is 5.20. The van der Waals surface area contributed by atoms with Crippen LogP contribution in [0.4, 0.5) is 11.4 Å². The van der Waals surface area contributed by atoms with E-state index in [0.29, 0.717) is 16.5 Å². The molecular weight excluding hydrogens is 464 g/mol. The van der Waals surface area contributed by atoms with E-state index in [1.807, 2.05) is 42.5 Å². The predicted molar refractivity (Wildman–Crippen MR) is 134 cm³/mol. The van der Waals surface area contributed by atoms with Crippen molar-refractivity contribution < 1.29 is 9.72 Å². The fourth-order valence-corrected chi connectivity index (χ4v) is 4.19. The number of aromatic nitrogens is 4. The maximum atomic E-state index is 12.4. The molecule has 35 heavy (non-hydrogen) atoms. The summed E-state index contributed by atoms with van der Waals surface area (Å²) in [5.74, 6) is -0.277. The molecule has 0 aliphatic carbocycles. The minimum absolute atomic E-state index is 0.0428. The van der Waals surface area contributed by atoms with Gasteiger partial charge >= 0.3 is 0 Å². The Morgan fingerprint density at radius 3 is 2.40 bits per heavy atom. The number of rotatable bonds is 7. The Morgan fingerprint density at radius 2 is 1.63 bits per heavy atom. The number of nitrogens with zero attached hydrogens (tertiary/aromatic N) is 5. The number of carbonyl (C=O) groups is 1. The van der Waals surface area contributed by atoms with Crippen molar-refractivity contribution in [1.82, 2.24) is 19.8 Å². The van der Waals surface area contributed by atoms with Crippen LogP contribution in [0.15, 0.2) is 96.2 Å². The van der Waals surface area contributed by atoms with Crippen molar-refractivity contribution >= 4 is 34.7 Å². The van der Waals surface area contributed by atoms with Crippen molar-refractivity contribution in [3.63, 3.8) is 0 Å². The van der Waals surface area contributed by atoms with Crippen molar-refractivity contribution in [3.8, 4) is 22.4 Å². The standard InChI is InChI=1S/C25H18N6O3S/c32-24(26-20-7-4-8-21(15-20)31(33)34)16-35-25-28-27-23-14-13-22(29-30(23)25)19-11-9-18(10-12-19)17-5-2-1-3-6-17/h1-15H,16H2,(H,26,32). The molecule has 0 spiro atoms. The molecule has 2 aromatic heterocycles. The number of nitro benzene ring substituents is 1. The van der Waals surface area contributed by atoms with Gasteiger partial charge in [0, 0.05) is 23.4 Å². The van der Waals surface area contributed by atoms with Crippen LogP contribution in [0.5, 0.6) is 0 Å². The van der Waals surface area contributed by atoms with Gasteiger partial charge in [-0.2, -0.15) is 9.61 Å². The van der Waals surface area contributed by atoms with Gasteiger partial charge in [0.15, 0.2) is 5.65 Å². The highest BCUT2D eigenvalue weighted by Crippen LogP contribution is 2.25. The molecule has 0 aliphatic rings. The van der Waals surface area contributed by atoms with Gasteiger partial charge in [0.1, 0.15) is 0 Å². The van der Waals surface area contributed by atoms with Gasteiger partial charge in [0.2, 0.25) is 11.1 Å². The number of nitro groups is 1. The molecule has 0 aliphatic heterocycles. The Labute approximate surface area is 204 Å². The van der Waals surface area contributed by atoms with Crippen molar-refractivity contribution in [2.75, 3.05) is 11.1 Å². The Morgan fingerprint density at radius 1 is 0.886 bits per heavy atom. The molecule has 1 N–H and O–H groups in total. The third kappa shape index (κ3) is 5.02. The Balaban J connectivity index is 1.30. The van der Waals surface area contributed by atoms with Gasteiger partial charge < -0.3 is 5.32 Å². The number of carbonyl (C=O) groups excluding carboxylic acids is 1. The van der Waals surface area contributed by atoms with Crippen molar-refractivity contribution in [1.29, 1.82) is 0 Å². The van der Waals surface area contributed by atoms with E-state index >= 15 is 0 Å². The van der Waals surface area contributed by atoms with Crippen LogP contribution < -0.4 is 5.32 Å². The molecule has 0 saturated heterocycles. The molecule has 0 bridgehead atoms. The van der Waals surface area contributed by atoms with Crippen LogP contribution in [0.3, 0.4) is 0 Å². The van der Waals surface area contributed by atoms with E-state index < -0.39 is 4.92 Å². The van der Waals surface area contributed by atoms with Gasteiger partial charge in [-0.05, 0) is 29.3 Å². The quantitative estimate of drug-likeness (QED) is 0.195. The molecule has 0 fully saturated rings. The highest BCUT2D eigenvalue weighted by atomic mass is 32.2. The molecule has 0 unspecified atom stereocenters. The molecule has 9 nitrogen and oxygen atoms in total. The summed E-state index contributed by atoms with van der Waals surface area (Å²) in [6, 6.07) is 27.8. The first-order valence-corrected chi connectivity index (χ1v) is 11.6. The van der Waals surface area contributed by atoms with E-state index in [0.717, 1.165) is 22.4 Å². The zero-order valence-electron chi connectivity index (χ0n) is 18.2. The highest BCUT2D eigenvalue weighted by molar-refractivity contribution is 7.99. The minimum Gasteiger partial charge on any atom is -0.325 e. The molecule has 5 aromatic rings. The average molecular weight is 483 g/mol. The number of hydrogen-bond acceptors (Lipinski definition) is 7. The van der Waals surface area contributed by atoms with E-state index in [1.54, 1.807) is 10.6 Å². The molecule has 0 atom stereocenters. The van der Waals surface area contributed by atoms with E-state index in [-0.39, 0.29) is 17.3 Å². The lowest BCUT2D eigenvalue weighted by atomic mass is 10.0. The first-order valence-electron chi connectivity index (χ1n) is 10.6. The molecule has 172 valence electrons. The minimum atomic E-state index is -0.509. The second-order valence-electron chi connectivity index (χ2n) is 7.56. The Kier molecular flexibility index (Phi) is 6.18. The lowest BCUT2D eigenvalue weighted by Crippen LogP contribution is -2.14. The van der Waals surface area contributed by atoms with Crippen LogP contribution >= 0.6 is 11.8 Å². The number of amides is 1. The number of thioether (sulfide) groups is 1. The molecule has 0 radical (unpaired) electrons. The maximum Gasteiger partial charge on any atom is 0.271 e. The first kappa shape index (κ1) is 22.2. The van der Waals surface area contributed by atoms with Gasteiger partial charge in [-0.25, -0.2) is 0 Å². The van der Waals surface area contributed by atoms with E-state index in [1.165, 1.54) is 30.0 Å². The molecule has 2 heterocycles. The van der Waals surface area contributed by atoms with Crippen LogP contribution in [-0.4, -0.2) is 36.4 Å². The fourth-order valence-electron chi connectivity index (χ4n) is 3.50. The smallest absolute Gasteiger partial charge is 0.271 e. The summed E-state index contributed by atoms with van der Waals surface area (Å²) in [5, 5.41) is 27.0. The van der Waals surface area contributed by atoms with Crippen LogP contribution in [0, 0.1) is 10.1 Å². The van der Waals surface area contributed by atoms with Crippen molar-refractivity contribution in [2.45, 2.75) is 5.16 Å². The lowest BCUT2D eigenvalue weighted by Gasteiger charge is -2.06. The van der Waals surface area contributed by atoms with E-state index in [4.69, 9.17) is 0 Å². The largest absolute Gasteiger partial charge is 0.325 e. The molecule has 1 amide bonds. The van der Waals surface area contributed by atoms with Crippen molar-refractivity contribution in [3.05, 3.63) is 101 Å². The zero-order valence-corrected chi connectivity index (χ0v) is 19.1. The molecule has 5 rings (SSSR count). The topological polar surface area (TPSA) is 115 Å². The average Bonchev–Trinajstić information content (AvgIpc) is 3.30. The van der Waals surface area contributed by atoms with Gasteiger partial charge in [0.05, 0.1) is 16.4 Å². The zero-order chi connectivity index (χ0) is 24.2. The van der Waals surface area contributed by atoms with Gasteiger partial charge in [-0.15, -0.1) is 10.2 Å². The number of benzene rings is 3. The summed E-state index contributed by atoms with van der Waals surface area (Å²) in [4.78, 5) is 22.8. The summed E-state index contributed by atoms with van der Waals surface area (Å²) in [6.45, 7) is 0. The SMILES string of the molecule is O=C(CSc1nnc2ccc(-c3ccc(-c4ccccc4)cc3)nn12)Nc1cccc([N+](=O)[O-])c1. The summed E-state index contributed by atoms with van der Waals surface area (Å²) >= 11 is 1.18. The highest BCUT2D eigenvalue weighted by Gasteiger charge is 2.13. The molecular formula is C25H18N6O3S. The van der Waals surface area contributed by atoms with Crippen molar-refractivity contribution in [2.24, 2.45) is 0 Å².